The molecule has 7 nitrogen and oxygen atoms in total. The third-order valence-electron chi connectivity index (χ3n) is 2.93. The van der Waals surface area contributed by atoms with Gasteiger partial charge in [-0.1, -0.05) is 5.16 Å². The first-order chi connectivity index (χ1) is 9.93. The van der Waals surface area contributed by atoms with E-state index < -0.39 is 0 Å². The Hall–Kier alpha value is -2.28. The molecule has 1 rings (SSSR count). The molecule has 0 aliphatic carbocycles. The summed E-state index contributed by atoms with van der Waals surface area (Å²) in [7, 11) is 5.66. The van der Waals surface area contributed by atoms with Crippen LogP contribution in [0.2, 0.25) is 0 Å². The smallest absolute Gasteiger partial charge is 0.260 e. The number of amides is 1. The van der Waals surface area contributed by atoms with Crippen LogP contribution < -0.4 is 10.5 Å². The highest BCUT2D eigenvalue weighted by molar-refractivity contribution is 5.97. The van der Waals surface area contributed by atoms with Gasteiger partial charge in [0.15, 0.2) is 12.4 Å². The Morgan fingerprint density at radius 3 is 2.38 bits per heavy atom. The fourth-order valence-corrected chi connectivity index (χ4v) is 1.51. The van der Waals surface area contributed by atoms with Crippen LogP contribution in [0.3, 0.4) is 0 Å². The molecule has 0 heterocycles. The average molecular weight is 294 g/mol. The lowest BCUT2D eigenvalue weighted by atomic mass is 10.2. The summed E-state index contributed by atoms with van der Waals surface area (Å²) in [4.78, 5) is 15.5. The van der Waals surface area contributed by atoms with Crippen LogP contribution in [0.1, 0.15) is 5.56 Å². The highest BCUT2D eigenvalue weighted by Crippen LogP contribution is 2.12. The maximum atomic E-state index is 11.9. The standard InChI is InChI=1S/C14H22N4O3/c1-17(2)8-9-18(3)13(19)10-21-12-6-4-11(5-7-12)14(15)16-20/h4-7,20H,8-10H2,1-3H3,(H2,15,16). The van der Waals surface area contributed by atoms with Gasteiger partial charge in [-0.25, -0.2) is 0 Å². The molecule has 1 aromatic carbocycles. The minimum absolute atomic E-state index is 0.0210. The van der Waals surface area contributed by atoms with E-state index in [1.165, 1.54) is 0 Å². The quantitative estimate of drug-likeness (QED) is 0.324. The molecule has 0 saturated heterocycles. The van der Waals surface area contributed by atoms with Gasteiger partial charge in [-0.15, -0.1) is 0 Å². The molecule has 0 atom stereocenters. The maximum absolute atomic E-state index is 11.9. The molecule has 0 radical (unpaired) electrons. The summed E-state index contributed by atoms with van der Waals surface area (Å²) in [6.45, 7) is 1.43. The van der Waals surface area contributed by atoms with E-state index in [-0.39, 0.29) is 18.3 Å². The number of likely N-dealkylation sites (N-methyl/N-ethyl adjacent to an activating group) is 2. The summed E-state index contributed by atoms with van der Waals surface area (Å²) in [5.41, 5.74) is 6.04. The van der Waals surface area contributed by atoms with E-state index in [4.69, 9.17) is 15.7 Å². The van der Waals surface area contributed by atoms with Crippen molar-refractivity contribution in [1.82, 2.24) is 9.80 Å². The van der Waals surface area contributed by atoms with Crippen LogP contribution in [0, 0.1) is 0 Å². The number of benzene rings is 1. The molecule has 116 valence electrons. The molecule has 0 spiro atoms. The fraction of sp³-hybridized carbons (Fsp3) is 0.429. The molecule has 0 fully saturated rings. The predicted molar refractivity (Wildman–Crippen MR) is 80.6 cm³/mol. The van der Waals surface area contributed by atoms with Gasteiger partial charge in [0.2, 0.25) is 0 Å². The molecule has 1 aromatic rings. The van der Waals surface area contributed by atoms with E-state index in [1.54, 1.807) is 36.2 Å². The molecule has 0 saturated carbocycles. The van der Waals surface area contributed by atoms with Crippen LogP contribution in [0.15, 0.2) is 29.4 Å². The molecule has 0 aliphatic heterocycles. The van der Waals surface area contributed by atoms with Gasteiger partial charge in [0.05, 0.1) is 0 Å². The molecule has 0 unspecified atom stereocenters. The molecule has 0 aromatic heterocycles. The summed E-state index contributed by atoms with van der Waals surface area (Å²) < 4.78 is 5.42. The van der Waals surface area contributed by atoms with Crippen molar-refractivity contribution in [1.29, 1.82) is 0 Å². The zero-order valence-corrected chi connectivity index (χ0v) is 12.6. The number of nitrogens with two attached hydrogens (primary N) is 1. The van der Waals surface area contributed by atoms with E-state index in [2.05, 4.69) is 5.16 Å². The Kier molecular flexibility index (Phi) is 6.48. The van der Waals surface area contributed by atoms with Gasteiger partial charge in [0.25, 0.3) is 5.91 Å². The van der Waals surface area contributed by atoms with Crippen LogP contribution in [-0.2, 0) is 4.79 Å². The Balaban J connectivity index is 2.46. The number of hydrogen-bond acceptors (Lipinski definition) is 5. The summed E-state index contributed by atoms with van der Waals surface area (Å²) >= 11 is 0. The average Bonchev–Trinajstić information content (AvgIpc) is 2.49. The zero-order chi connectivity index (χ0) is 15.8. The number of oxime groups is 1. The highest BCUT2D eigenvalue weighted by Gasteiger charge is 2.09. The molecule has 3 N–H and O–H groups in total. The molecule has 7 heteroatoms. The Morgan fingerprint density at radius 2 is 1.86 bits per heavy atom. The molecular formula is C14H22N4O3. The lowest BCUT2D eigenvalue weighted by Gasteiger charge is -2.19. The van der Waals surface area contributed by atoms with Gasteiger partial charge in [0, 0.05) is 25.7 Å². The van der Waals surface area contributed by atoms with Crippen LogP contribution in [-0.4, -0.2) is 67.6 Å². The summed E-state index contributed by atoms with van der Waals surface area (Å²) in [5, 5.41) is 11.5. The number of rotatable bonds is 7. The van der Waals surface area contributed by atoms with Gasteiger partial charge >= 0.3 is 0 Å². The zero-order valence-electron chi connectivity index (χ0n) is 12.6. The first-order valence-corrected chi connectivity index (χ1v) is 6.53. The second-order valence-electron chi connectivity index (χ2n) is 4.92. The van der Waals surface area contributed by atoms with Gasteiger partial charge in [-0.3, -0.25) is 4.79 Å². The maximum Gasteiger partial charge on any atom is 0.260 e. The topological polar surface area (TPSA) is 91.4 Å². The Bertz CT molecular complexity index is 485. The van der Waals surface area contributed by atoms with E-state index in [0.717, 1.165) is 6.54 Å². The van der Waals surface area contributed by atoms with Crippen molar-refractivity contribution in [2.75, 3.05) is 40.8 Å². The minimum Gasteiger partial charge on any atom is -0.484 e. The number of hydrogen-bond donors (Lipinski definition) is 2. The van der Waals surface area contributed by atoms with Crippen molar-refractivity contribution in [3.05, 3.63) is 29.8 Å². The molecule has 1 amide bonds. The van der Waals surface area contributed by atoms with E-state index >= 15 is 0 Å². The summed E-state index contributed by atoms with van der Waals surface area (Å²) in [5.74, 6) is 0.497. The predicted octanol–water partition coefficient (Wildman–Crippen LogP) is 0.180. The second kappa shape index (κ2) is 8.11. The van der Waals surface area contributed by atoms with Crippen molar-refractivity contribution in [3.8, 4) is 5.75 Å². The van der Waals surface area contributed by atoms with Crippen LogP contribution in [0.25, 0.3) is 0 Å². The molecule has 0 bridgehead atoms. The van der Waals surface area contributed by atoms with Crippen LogP contribution in [0.4, 0.5) is 0 Å². The summed E-state index contributed by atoms with van der Waals surface area (Å²) in [6, 6.07) is 6.65. The lowest BCUT2D eigenvalue weighted by Crippen LogP contribution is -2.36. The third kappa shape index (κ3) is 5.70. The lowest BCUT2D eigenvalue weighted by molar-refractivity contribution is -0.132. The molecular weight excluding hydrogens is 272 g/mol. The van der Waals surface area contributed by atoms with Gasteiger partial charge < -0.3 is 25.5 Å². The second-order valence-corrected chi connectivity index (χ2v) is 4.92. The number of ether oxygens (including phenoxy) is 1. The third-order valence-corrected chi connectivity index (χ3v) is 2.93. The largest absolute Gasteiger partial charge is 0.484 e. The van der Waals surface area contributed by atoms with Crippen LogP contribution >= 0.6 is 0 Å². The van der Waals surface area contributed by atoms with Gasteiger partial charge in [-0.2, -0.15) is 0 Å². The van der Waals surface area contributed by atoms with Gasteiger partial charge in [-0.05, 0) is 38.4 Å². The van der Waals surface area contributed by atoms with Crippen molar-refractivity contribution in [2.45, 2.75) is 0 Å². The number of carbonyl (C=O) groups excluding carboxylic acids is 1. The fourth-order valence-electron chi connectivity index (χ4n) is 1.51. The van der Waals surface area contributed by atoms with E-state index in [9.17, 15) is 4.79 Å². The summed E-state index contributed by atoms with van der Waals surface area (Å²) in [6.07, 6.45) is 0. The van der Waals surface area contributed by atoms with Crippen molar-refractivity contribution in [2.24, 2.45) is 10.9 Å². The monoisotopic (exact) mass is 294 g/mol. The number of amidine groups is 1. The number of carbonyl (C=O) groups is 1. The Labute approximate surface area is 124 Å². The van der Waals surface area contributed by atoms with Crippen molar-refractivity contribution in [3.63, 3.8) is 0 Å². The van der Waals surface area contributed by atoms with Crippen molar-refractivity contribution < 1.29 is 14.7 Å². The number of nitrogens with zero attached hydrogens (tertiary/aromatic N) is 3. The van der Waals surface area contributed by atoms with Gasteiger partial charge in [0.1, 0.15) is 5.75 Å². The normalized spacial score (nSPS) is 11.5. The first-order valence-electron chi connectivity index (χ1n) is 6.53. The molecule has 0 aliphatic rings. The van der Waals surface area contributed by atoms with Crippen LogP contribution in [0.5, 0.6) is 5.75 Å². The minimum atomic E-state index is -0.0858. The SMILES string of the molecule is CN(C)CCN(C)C(=O)COc1ccc(C(N)=NO)cc1. The highest BCUT2D eigenvalue weighted by atomic mass is 16.5. The van der Waals surface area contributed by atoms with E-state index in [1.807, 2.05) is 19.0 Å². The van der Waals surface area contributed by atoms with E-state index in [0.29, 0.717) is 17.9 Å². The molecule has 21 heavy (non-hydrogen) atoms. The Morgan fingerprint density at radius 1 is 1.24 bits per heavy atom. The van der Waals surface area contributed by atoms with Crippen molar-refractivity contribution >= 4 is 11.7 Å². The first kappa shape index (κ1) is 16.8.